The second-order valence-electron chi connectivity index (χ2n) is 7.93. The van der Waals surface area contributed by atoms with E-state index in [-0.39, 0.29) is 23.0 Å². The number of urea groups is 1. The molecule has 0 atom stereocenters. The van der Waals surface area contributed by atoms with Gasteiger partial charge >= 0.3 is 6.03 Å². The van der Waals surface area contributed by atoms with Crippen molar-refractivity contribution in [3.8, 4) is 0 Å². The van der Waals surface area contributed by atoms with Crippen molar-refractivity contribution in [2.24, 2.45) is 0 Å². The molecule has 37 heavy (non-hydrogen) atoms. The summed E-state index contributed by atoms with van der Waals surface area (Å²) in [6.07, 6.45) is 0. The van der Waals surface area contributed by atoms with Crippen LogP contribution < -0.4 is 20.3 Å². The predicted molar refractivity (Wildman–Crippen MR) is 149 cm³/mol. The molecule has 3 aromatic rings. The van der Waals surface area contributed by atoms with Gasteiger partial charge in [-0.2, -0.15) is 0 Å². The number of halogens is 2. The molecular formula is C26H27ClFN5O3S. The Morgan fingerprint density at radius 3 is 2.16 bits per heavy atom. The summed E-state index contributed by atoms with van der Waals surface area (Å²) in [7, 11) is 0. The third kappa shape index (κ3) is 7.69. The van der Waals surface area contributed by atoms with Gasteiger partial charge in [0.2, 0.25) is 5.91 Å². The number of likely N-dealkylation sites (N-methyl/N-ethyl adjacent to an activating group) is 1. The zero-order valence-electron chi connectivity index (χ0n) is 20.3. The standard InChI is InChI=1S/C26H27ClFN5O3S/c1-3-32(4-2)16-24(34)31-23-14-11-18(15-21(23)27)30-26(36)33(37)19-12-9-17(10-13-19)29-25(35)20-7-5-6-8-22(20)28/h5-15,37H,3-4,16H2,1-2H3,(H,29,35)(H,30,36)(H,31,34). The SMILES string of the molecule is CCN(CC)CC(=O)Nc1ccc(NC(=O)N(S)c2ccc(NC(=O)c3ccccc3F)cc2)cc1Cl. The summed E-state index contributed by atoms with van der Waals surface area (Å²) in [6.45, 7) is 5.72. The number of nitrogens with zero attached hydrogens (tertiary/aromatic N) is 2. The zero-order chi connectivity index (χ0) is 26.9. The van der Waals surface area contributed by atoms with E-state index in [9.17, 15) is 18.8 Å². The molecule has 8 nitrogen and oxygen atoms in total. The fourth-order valence-corrected chi connectivity index (χ4v) is 3.77. The van der Waals surface area contributed by atoms with Gasteiger partial charge in [-0.1, -0.05) is 50.4 Å². The van der Waals surface area contributed by atoms with Gasteiger partial charge in [0.05, 0.1) is 28.5 Å². The van der Waals surface area contributed by atoms with Crippen molar-refractivity contribution >= 4 is 65.0 Å². The van der Waals surface area contributed by atoms with Crippen molar-refractivity contribution in [1.82, 2.24) is 4.90 Å². The van der Waals surface area contributed by atoms with Crippen LogP contribution in [0.1, 0.15) is 24.2 Å². The lowest BCUT2D eigenvalue weighted by Crippen LogP contribution is -2.33. The minimum atomic E-state index is -0.620. The van der Waals surface area contributed by atoms with Crippen molar-refractivity contribution in [2.45, 2.75) is 13.8 Å². The Morgan fingerprint density at radius 1 is 0.892 bits per heavy atom. The number of anilines is 4. The molecular weight excluding hydrogens is 517 g/mol. The van der Waals surface area contributed by atoms with Crippen LogP contribution in [0.3, 0.4) is 0 Å². The molecule has 0 bridgehead atoms. The molecule has 0 aliphatic carbocycles. The fourth-order valence-electron chi connectivity index (χ4n) is 3.36. The Morgan fingerprint density at radius 2 is 1.54 bits per heavy atom. The van der Waals surface area contributed by atoms with Crippen LogP contribution in [0.4, 0.5) is 31.9 Å². The van der Waals surface area contributed by atoms with Crippen molar-refractivity contribution in [2.75, 3.05) is 39.9 Å². The molecule has 0 aliphatic rings. The molecule has 194 valence electrons. The van der Waals surface area contributed by atoms with Gasteiger partial charge in [0.15, 0.2) is 0 Å². The number of rotatable bonds is 9. The Balaban J connectivity index is 1.58. The molecule has 3 rings (SSSR count). The Bertz CT molecular complexity index is 1270. The van der Waals surface area contributed by atoms with Gasteiger partial charge < -0.3 is 16.0 Å². The third-order valence-corrected chi connectivity index (χ3v) is 6.16. The molecule has 11 heteroatoms. The minimum Gasteiger partial charge on any atom is -0.324 e. The second-order valence-corrected chi connectivity index (χ2v) is 8.73. The van der Waals surface area contributed by atoms with Crippen molar-refractivity contribution in [3.05, 3.63) is 83.1 Å². The molecule has 4 amide bonds. The molecule has 0 unspecified atom stereocenters. The van der Waals surface area contributed by atoms with Crippen LogP contribution in [0.25, 0.3) is 0 Å². The van der Waals surface area contributed by atoms with E-state index in [1.54, 1.807) is 42.5 Å². The number of nitrogens with one attached hydrogen (secondary N) is 3. The summed E-state index contributed by atoms with van der Waals surface area (Å²) < 4.78 is 14.9. The Kier molecular flexibility index (Phi) is 9.90. The van der Waals surface area contributed by atoms with E-state index in [0.717, 1.165) is 17.4 Å². The van der Waals surface area contributed by atoms with Gasteiger partial charge in [-0.15, -0.1) is 0 Å². The van der Waals surface area contributed by atoms with Crippen LogP contribution in [0.15, 0.2) is 66.7 Å². The van der Waals surface area contributed by atoms with Gasteiger partial charge in [-0.25, -0.2) is 13.5 Å². The molecule has 3 N–H and O–H groups in total. The first-order valence-corrected chi connectivity index (χ1v) is 12.3. The molecule has 0 saturated heterocycles. The first-order valence-electron chi connectivity index (χ1n) is 11.5. The van der Waals surface area contributed by atoms with Gasteiger partial charge in [-0.3, -0.25) is 14.5 Å². The molecule has 0 radical (unpaired) electrons. The van der Waals surface area contributed by atoms with Crippen molar-refractivity contribution in [1.29, 1.82) is 0 Å². The van der Waals surface area contributed by atoms with Gasteiger partial charge in [0.25, 0.3) is 5.91 Å². The van der Waals surface area contributed by atoms with Crippen molar-refractivity contribution in [3.63, 3.8) is 0 Å². The van der Waals surface area contributed by atoms with Crippen LogP contribution in [-0.4, -0.2) is 42.4 Å². The molecule has 0 aromatic heterocycles. The number of carbonyl (C=O) groups excluding carboxylic acids is 3. The summed E-state index contributed by atoms with van der Waals surface area (Å²) in [6, 6.07) is 16.1. The number of benzene rings is 3. The summed E-state index contributed by atoms with van der Waals surface area (Å²) >= 11 is 10.6. The van der Waals surface area contributed by atoms with E-state index in [1.807, 2.05) is 18.7 Å². The lowest BCUT2D eigenvalue weighted by molar-refractivity contribution is -0.117. The smallest absolute Gasteiger partial charge is 0.324 e. The molecule has 0 spiro atoms. The van der Waals surface area contributed by atoms with Gasteiger partial charge in [0.1, 0.15) is 5.82 Å². The topological polar surface area (TPSA) is 93.8 Å². The average molecular weight is 544 g/mol. The highest BCUT2D eigenvalue weighted by atomic mass is 35.5. The predicted octanol–water partition coefficient (Wildman–Crippen LogP) is 5.90. The number of hydrogen-bond donors (Lipinski definition) is 4. The lowest BCUT2D eigenvalue weighted by Gasteiger charge is -2.19. The maximum absolute atomic E-state index is 13.8. The summed E-state index contributed by atoms with van der Waals surface area (Å²) in [5.41, 5.74) is 1.62. The summed E-state index contributed by atoms with van der Waals surface area (Å²) in [4.78, 5) is 39.2. The fraction of sp³-hybridized carbons (Fsp3) is 0.192. The van der Waals surface area contributed by atoms with E-state index in [2.05, 4.69) is 28.8 Å². The first kappa shape index (κ1) is 28.0. The molecule has 0 aliphatic heterocycles. The molecule has 0 fully saturated rings. The van der Waals surface area contributed by atoms with Crippen LogP contribution in [0, 0.1) is 5.82 Å². The quantitative estimate of drug-likeness (QED) is 0.253. The lowest BCUT2D eigenvalue weighted by atomic mass is 10.2. The zero-order valence-corrected chi connectivity index (χ0v) is 21.9. The van der Waals surface area contributed by atoms with Gasteiger partial charge in [0, 0.05) is 11.4 Å². The summed E-state index contributed by atoms with van der Waals surface area (Å²) in [5.74, 6) is -1.39. The number of hydrogen-bond acceptors (Lipinski definition) is 5. The van der Waals surface area contributed by atoms with E-state index in [1.165, 1.54) is 24.3 Å². The third-order valence-electron chi connectivity index (χ3n) is 5.44. The highest BCUT2D eigenvalue weighted by Crippen LogP contribution is 2.27. The Hall–Kier alpha value is -3.60. The number of thiol groups is 1. The highest BCUT2D eigenvalue weighted by molar-refractivity contribution is 7.82. The van der Waals surface area contributed by atoms with E-state index in [0.29, 0.717) is 22.7 Å². The van der Waals surface area contributed by atoms with E-state index >= 15 is 0 Å². The van der Waals surface area contributed by atoms with Gasteiger partial charge in [-0.05, 0) is 67.7 Å². The first-order chi connectivity index (χ1) is 17.7. The normalized spacial score (nSPS) is 10.6. The number of amides is 4. The van der Waals surface area contributed by atoms with E-state index in [4.69, 9.17) is 11.6 Å². The Labute approximate surface area is 225 Å². The molecule has 0 saturated carbocycles. The highest BCUT2D eigenvalue weighted by Gasteiger charge is 2.15. The van der Waals surface area contributed by atoms with E-state index < -0.39 is 17.8 Å². The molecule has 3 aromatic carbocycles. The van der Waals surface area contributed by atoms with Crippen molar-refractivity contribution < 1.29 is 18.8 Å². The maximum atomic E-state index is 13.8. The van der Waals surface area contributed by atoms with Crippen LogP contribution in [0.2, 0.25) is 5.02 Å². The molecule has 0 heterocycles. The van der Waals surface area contributed by atoms with Crippen LogP contribution >= 0.6 is 24.4 Å². The number of carbonyl (C=O) groups is 3. The maximum Gasteiger partial charge on any atom is 0.336 e. The monoisotopic (exact) mass is 543 g/mol. The second kappa shape index (κ2) is 13.1. The van der Waals surface area contributed by atoms with Crippen LogP contribution in [-0.2, 0) is 4.79 Å². The van der Waals surface area contributed by atoms with Crippen LogP contribution in [0.5, 0.6) is 0 Å². The minimum absolute atomic E-state index is 0.0742. The summed E-state index contributed by atoms with van der Waals surface area (Å²) in [5, 5.41) is 8.33. The average Bonchev–Trinajstić information content (AvgIpc) is 2.89. The largest absolute Gasteiger partial charge is 0.336 e.